The fourth-order valence-electron chi connectivity index (χ4n) is 4.25. The Hall–Kier alpha value is -4.02. The number of carbonyl (C=O) groups is 1. The minimum absolute atomic E-state index is 0.147. The number of alkyl halides is 3. The second-order valence-electron chi connectivity index (χ2n) is 9.68. The molecule has 0 spiro atoms. The van der Waals surface area contributed by atoms with E-state index in [4.69, 9.17) is 5.73 Å². The van der Waals surface area contributed by atoms with Gasteiger partial charge in [0.15, 0.2) is 11.5 Å². The van der Waals surface area contributed by atoms with Gasteiger partial charge in [0.05, 0.1) is 17.4 Å². The number of anilines is 1. The molecule has 2 aromatic carbocycles. The lowest BCUT2D eigenvalue weighted by molar-refractivity contribution is -0.141. The van der Waals surface area contributed by atoms with Gasteiger partial charge in [0, 0.05) is 18.2 Å². The Kier molecular flexibility index (Phi) is 9.01. The molecule has 210 valence electrons. The minimum atomic E-state index is -4.79. The van der Waals surface area contributed by atoms with Crippen LogP contribution >= 0.6 is 0 Å². The van der Waals surface area contributed by atoms with Crippen molar-refractivity contribution in [3.8, 4) is 5.69 Å². The molecule has 6 nitrogen and oxygen atoms in total. The second-order valence-corrected chi connectivity index (χ2v) is 9.68. The molecular weight excluding hydrogens is 522 g/mol. The Morgan fingerprint density at radius 2 is 1.95 bits per heavy atom. The van der Waals surface area contributed by atoms with Crippen molar-refractivity contribution >= 4 is 11.6 Å². The largest absolute Gasteiger partial charge is 0.435 e. The van der Waals surface area contributed by atoms with Gasteiger partial charge in [-0.25, -0.2) is 9.07 Å². The van der Waals surface area contributed by atoms with E-state index in [1.165, 1.54) is 18.2 Å². The highest BCUT2D eigenvalue weighted by Gasteiger charge is 2.36. The maximum atomic E-state index is 15.9. The number of hydrogen-bond donors (Lipinski definition) is 3. The number of nitrogens with zero attached hydrogens (tertiary/aromatic N) is 2. The molecule has 1 unspecified atom stereocenters. The highest BCUT2D eigenvalue weighted by atomic mass is 19.4. The number of aromatic nitrogens is 2. The molecule has 1 heterocycles. The number of hydrogen-bond acceptors (Lipinski definition) is 4. The molecule has 1 aliphatic rings. The standard InChI is InChI=1S/C30H31F4N5O/c1-3-4-5-8-19(2)28(36-18-20-13-14-20)23-11-7-12-24(27(23)31)37-29(40)25-16-26(30(32,33)34)38-39(25)22-10-6-9-21(15-22)17-35/h3-12,15-16,20,28,36H,1,13-14,17-18,35H2,2H3,(H,37,40)/b5-4-,19-8+. The quantitative estimate of drug-likeness (QED) is 0.188. The van der Waals surface area contributed by atoms with Crippen molar-refractivity contribution in [1.82, 2.24) is 15.1 Å². The van der Waals surface area contributed by atoms with Crippen LogP contribution in [0.3, 0.4) is 0 Å². The molecule has 0 radical (unpaired) electrons. The van der Waals surface area contributed by atoms with Crippen molar-refractivity contribution in [2.45, 2.75) is 38.5 Å². The molecular formula is C30H31F4N5O. The third-order valence-electron chi connectivity index (χ3n) is 6.58. The van der Waals surface area contributed by atoms with Crippen LogP contribution in [0.1, 0.15) is 53.1 Å². The molecule has 1 fully saturated rings. The lowest BCUT2D eigenvalue weighted by Crippen LogP contribution is -2.26. The van der Waals surface area contributed by atoms with Crippen molar-refractivity contribution in [3.63, 3.8) is 0 Å². The number of halogens is 4. The minimum Gasteiger partial charge on any atom is -0.326 e. The number of amides is 1. The zero-order valence-corrected chi connectivity index (χ0v) is 22.0. The van der Waals surface area contributed by atoms with Crippen LogP contribution in [0.5, 0.6) is 0 Å². The first-order chi connectivity index (χ1) is 19.1. The predicted octanol–water partition coefficient (Wildman–Crippen LogP) is 6.47. The average molecular weight is 554 g/mol. The summed E-state index contributed by atoms with van der Waals surface area (Å²) in [4.78, 5) is 13.3. The van der Waals surface area contributed by atoms with E-state index in [2.05, 4.69) is 22.3 Å². The van der Waals surface area contributed by atoms with E-state index in [1.54, 1.807) is 42.5 Å². The Morgan fingerprint density at radius 3 is 2.62 bits per heavy atom. The average Bonchev–Trinajstić information content (AvgIpc) is 3.64. The fourth-order valence-corrected chi connectivity index (χ4v) is 4.25. The monoisotopic (exact) mass is 553 g/mol. The number of rotatable bonds is 11. The van der Waals surface area contributed by atoms with Crippen LogP contribution < -0.4 is 16.4 Å². The highest BCUT2D eigenvalue weighted by molar-refractivity contribution is 6.03. The first-order valence-electron chi connectivity index (χ1n) is 12.9. The van der Waals surface area contributed by atoms with Crippen molar-refractivity contribution in [1.29, 1.82) is 0 Å². The van der Waals surface area contributed by atoms with Crippen molar-refractivity contribution in [3.05, 3.63) is 113 Å². The summed E-state index contributed by atoms with van der Waals surface area (Å²) in [5, 5.41) is 9.49. The molecule has 0 saturated heterocycles. The first kappa shape index (κ1) is 29.0. The topological polar surface area (TPSA) is 85.0 Å². The summed E-state index contributed by atoms with van der Waals surface area (Å²) >= 11 is 0. The molecule has 4 rings (SSSR count). The van der Waals surface area contributed by atoms with E-state index in [9.17, 15) is 18.0 Å². The highest BCUT2D eigenvalue weighted by Crippen LogP contribution is 2.33. The van der Waals surface area contributed by atoms with Gasteiger partial charge in [0.25, 0.3) is 5.91 Å². The summed E-state index contributed by atoms with van der Waals surface area (Å²) in [5.41, 5.74) is 5.87. The van der Waals surface area contributed by atoms with Gasteiger partial charge in [0.1, 0.15) is 5.69 Å². The van der Waals surface area contributed by atoms with E-state index in [0.717, 1.165) is 23.1 Å². The van der Waals surface area contributed by atoms with Gasteiger partial charge in [-0.1, -0.05) is 60.7 Å². The van der Waals surface area contributed by atoms with Crippen molar-refractivity contribution in [2.75, 3.05) is 11.9 Å². The molecule has 0 aliphatic heterocycles. The maximum Gasteiger partial charge on any atom is 0.435 e. The third-order valence-corrected chi connectivity index (χ3v) is 6.58. The molecule has 1 amide bonds. The third kappa shape index (κ3) is 6.94. The number of nitrogens with two attached hydrogens (primary N) is 1. The SMILES string of the molecule is C=C/C=C\C=C(/C)C(NCC1CC1)c1cccc(NC(=O)c2cc(C(F)(F)F)nn2-c2cccc(CN)c2)c1F. The summed E-state index contributed by atoms with van der Waals surface area (Å²) in [6.07, 6.45) is 4.48. The summed E-state index contributed by atoms with van der Waals surface area (Å²) < 4.78 is 57.4. The summed E-state index contributed by atoms with van der Waals surface area (Å²) in [6.45, 7) is 6.37. The van der Waals surface area contributed by atoms with Crippen LogP contribution in [0, 0.1) is 11.7 Å². The summed E-state index contributed by atoms with van der Waals surface area (Å²) in [7, 11) is 0. The number of allylic oxidation sites excluding steroid dienone is 4. The van der Waals surface area contributed by atoms with Crippen LogP contribution in [0.15, 0.2) is 85.0 Å². The Balaban J connectivity index is 1.68. The summed E-state index contributed by atoms with van der Waals surface area (Å²) in [5.74, 6) is -1.09. The molecule has 1 aromatic heterocycles. The maximum absolute atomic E-state index is 15.9. The normalized spacial score (nSPS) is 14.9. The van der Waals surface area contributed by atoms with Crippen LogP contribution in [0.25, 0.3) is 5.69 Å². The van der Waals surface area contributed by atoms with E-state index in [0.29, 0.717) is 29.7 Å². The van der Waals surface area contributed by atoms with Gasteiger partial charge >= 0.3 is 6.18 Å². The number of nitrogens with one attached hydrogen (secondary N) is 2. The van der Waals surface area contributed by atoms with E-state index >= 15 is 4.39 Å². The molecule has 1 aliphatic carbocycles. The van der Waals surface area contributed by atoms with E-state index in [1.807, 2.05) is 13.0 Å². The van der Waals surface area contributed by atoms with Gasteiger partial charge in [-0.15, -0.1) is 0 Å². The zero-order valence-electron chi connectivity index (χ0n) is 22.0. The molecule has 10 heteroatoms. The van der Waals surface area contributed by atoms with Crippen LogP contribution in [-0.2, 0) is 12.7 Å². The zero-order chi connectivity index (χ0) is 28.9. The summed E-state index contributed by atoms with van der Waals surface area (Å²) in [6, 6.07) is 11.1. The number of carbonyl (C=O) groups excluding carboxylic acids is 1. The van der Waals surface area contributed by atoms with Crippen molar-refractivity contribution < 1.29 is 22.4 Å². The van der Waals surface area contributed by atoms with Crippen LogP contribution in [0.2, 0.25) is 0 Å². The van der Waals surface area contributed by atoms with Gasteiger partial charge in [-0.3, -0.25) is 4.79 Å². The molecule has 1 atom stereocenters. The van der Waals surface area contributed by atoms with Gasteiger partial charge in [-0.2, -0.15) is 18.3 Å². The molecule has 4 N–H and O–H groups in total. The predicted molar refractivity (Wildman–Crippen MR) is 147 cm³/mol. The molecule has 0 bridgehead atoms. The smallest absolute Gasteiger partial charge is 0.326 e. The van der Waals surface area contributed by atoms with Crippen LogP contribution in [0.4, 0.5) is 23.2 Å². The lowest BCUT2D eigenvalue weighted by atomic mass is 9.97. The second kappa shape index (κ2) is 12.4. The first-order valence-corrected chi connectivity index (χ1v) is 12.9. The number of benzene rings is 2. The van der Waals surface area contributed by atoms with Crippen molar-refractivity contribution in [2.24, 2.45) is 11.7 Å². The molecule has 40 heavy (non-hydrogen) atoms. The lowest BCUT2D eigenvalue weighted by Gasteiger charge is -2.22. The Labute approximate surface area is 230 Å². The fraction of sp³-hybridized carbons (Fsp3) is 0.267. The van der Waals surface area contributed by atoms with Gasteiger partial charge in [-0.05, 0) is 56.0 Å². The van der Waals surface area contributed by atoms with E-state index in [-0.39, 0.29) is 17.9 Å². The molecule has 1 saturated carbocycles. The van der Waals surface area contributed by atoms with Gasteiger partial charge < -0.3 is 16.4 Å². The van der Waals surface area contributed by atoms with E-state index < -0.39 is 35.3 Å². The Bertz CT molecular complexity index is 1440. The molecule has 3 aromatic rings. The van der Waals surface area contributed by atoms with Crippen LogP contribution in [-0.4, -0.2) is 22.2 Å². The Morgan fingerprint density at radius 1 is 1.20 bits per heavy atom. The van der Waals surface area contributed by atoms with Gasteiger partial charge in [0.2, 0.25) is 0 Å².